The third kappa shape index (κ3) is 3.03. The molecule has 20 heavy (non-hydrogen) atoms. The molecule has 0 radical (unpaired) electrons. The summed E-state index contributed by atoms with van der Waals surface area (Å²) in [6.07, 6.45) is 0.725. The molecule has 1 atom stereocenters. The van der Waals surface area contributed by atoms with Gasteiger partial charge in [0, 0.05) is 24.0 Å². The number of rotatable bonds is 4. The van der Waals surface area contributed by atoms with Gasteiger partial charge in [0.05, 0.1) is 21.4 Å². The fourth-order valence-corrected chi connectivity index (χ4v) is 3.13. The van der Waals surface area contributed by atoms with Crippen molar-refractivity contribution in [1.29, 1.82) is 0 Å². The molecule has 2 aromatic rings. The molecule has 0 amide bonds. The second kappa shape index (κ2) is 6.48. The summed E-state index contributed by atoms with van der Waals surface area (Å²) in [5, 5.41) is 9.08. The largest absolute Gasteiger partial charge is 0.313 e. The molecule has 0 bridgehead atoms. The summed E-state index contributed by atoms with van der Waals surface area (Å²) in [4.78, 5) is 0. The van der Waals surface area contributed by atoms with Gasteiger partial charge in [0.2, 0.25) is 0 Å². The first-order valence-corrected chi connectivity index (χ1v) is 7.79. The molecule has 0 spiro atoms. The molecule has 0 saturated carbocycles. The molecule has 1 aromatic carbocycles. The third-order valence-electron chi connectivity index (χ3n) is 3.36. The van der Waals surface area contributed by atoms with Crippen LogP contribution in [0.5, 0.6) is 0 Å². The maximum Gasteiger partial charge on any atom is 0.0847 e. The molecule has 1 unspecified atom stereocenters. The second-order valence-corrected chi connectivity index (χ2v) is 6.27. The predicted molar refractivity (Wildman–Crippen MR) is 87.6 cm³/mol. The number of hydrogen-bond donors (Lipinski definition) is 1. The summed E-state index contributed by atoms with van der Waals surface area (Å²) in [5.41, 5.74) is 2.89. The maximum absolute atomic E-state index is 6.38. The minimum absolute atomic E-state index is 0.0762. The van der Waals surface area contributed by atoms with Crippen molar-refractivity contribution in [2.75, 3.05) is 7.05 Å². The van der Waals surface area contributed by atoms with E-state index in [2.05, 4.69) is 26.3 Å². The van der Waals surface area contributed by atoms with Crippen molar-refractivity contribution >= 4 is 39.1 Å². The van der Waals surface area contributed by atoms with Gasteiger partial charge in [-0.2, -0.15) is 5.10 Å². The van der Waals surface area contributed by atoms with Crippen LogP contribution in [0.3, 0.4) is 0 Å². The van der Waals surface area contributed by atoms with Gasteiger partial charge in [0.25, 0.3) is 0 Å². The first-order valence-electron chi connectivity index (χ1n) is 6.24. The topological polar surface area (TPSA) is 29.9 Å². The fourth-order valence-electron chi connectivity index (χ4n) is 2.25. The highest BCUT2D eigenvalue weighted by molar-refractivity contribution is 9.10. The summed E-state index contributed by atoms with van der Waals surface area (Å²) in [7, 11) is 3.82. The van der Waals surface area contributed by atoms with Crippen molar-refractivity contribution in [3.8, 4) is 0 Å². The van der Waals surface area contributed by atoms with Crippen LogP contribution in [0.15, 0.2) is 22.7 Å². The summed E-state index contributed by atoms with van der Waals surface area (Å²) < 4.78 is 2.72. The third-order valence-corrected chi connectivity index (χ3v) is 5.17. The molecule has 1 heterocycles. The number of nitrogens with zero attached hydrogens (tertiary/aromatic N) is 2. The standard InChI is InChI=1S/C14H16BrCl2N3/c1-8-13(16)12(20(3)19-8)7-11(18-2)9-5-4-6-10(15)14(9)17/h4-6,11,18H,7H2,1-3H3. The van der Waals surface area contributed by atoms with Crippen LogP contribution in [0.25, 0.3) is 0 Å². The smallest absolute Gasteiger partial charge is 0.0847 e. The van der Waals surface area contributed by atoms with Crippen LogP contribution in [-0.2, 0) is 13.5 Å². The Balaban J connectivity index is 2.36. The highest BCUT2D eigenvalue weighted by Crippen LogP contribution is 2.33. The van der Waals surface area contributed by atoms with Gasteiger partial charge in [0.15, 0.2) is 0 Å². The van der Waals surface area contributed by atoms with Crippen molar-refractivity contribution in [3.05, 3.63) is 49.7 Å². The molecule has 108 valence electrons. The number of likely N-dealkylation sites (N-methyl/N-ethyl adjacent to an activating group) is 1. The Hall–Kier alpha value is -0.550. The first kappa shape index (κ1) is 15.8. The van der Waals surface area contributed by atoms with E-state index < -0.39 is 0 Å². The van der Waals surface area contributed by atoms with Crippen molar-refractivity contribution in [1.82, 2.24) is 15.1 Å². The van der Waals surface area contributed by atoms with Gasteiger partial charge in [-0.05, 0) is 41.5 Å². The Labute approximate surface area is 137 Å². The normalized spacial score (nSPS) is 12.7. The van der Waals surface area contributed by atoms with E-state index in [1.54, 1.807) is 0 Å². The Morgan fingerprint density at radius 2 is 2.05 bits per heavy atom. The van der Waals surface area contributed by atoms with E-state index in [1.807, 2.05) is 43.9 Å². The van der Waals surface area contributed by atoms with Gasteiger partial charge in [-0.3, -0.25) is 4.68 Å². The number of aromatic nitrogens is 2. The molecular formula is C14H16BrCl2N3. The van der Waals surface area contributed by atoms with Crippen molar-refractivity contribution in [2.24, 2.45) is 7.05 Å². The number of benzene rings is 1. The van der Waals surface area contributed by atoms with Crippen LogP contribution in [0.2, 0.25) is 10.0 Å². The Morgan fingerprint density at radius 1 is 1.35 bits per heavy atom. The molecule has 0 saturated heterocycles. The van der Waals surface area contributed by atoms with E-state index >= 15 is 0 Å². The van der Waals surface area contributed by atoms with Crippen molar-refractivity contribution in [2.45, 2.75) is 19.4 Å². The van der Waals surface area contributed by atoms with E-state index in [0.717, 1.165) is 37.9 Å². The molecule has 6 heteroatoms. The lowest BCUT2D eigenvalue weighted by Gasteiger charge is -2.19. The number of halogens is 3. The SMILES string of the molecule is CNC(Cc1c(Cl)c(C)nn1C)c1cccc(Br)c1Cl. The lowest BCUT2D eigenvalue weighted by molar-refractivity contribution is 0.561. The Kier molecular flexibility index (Phi) is 5.13. The summed E-state index contributed by atoms with van der Waals surface area (Å²) in [6, 6.07) is 6.00. The van der Waals surface area contributed by atoms with Gasteiger partial charge in [-0.25, -0.2) is 0 Å². The lowest BCUT2D eigenvalue weighted by atomic mass is 10.0. The molecule has 0 aliphatic rings. The zero-order valence-electron chi connectivity index (χ0n) is 11.5. The fraction of sp³-hybridized carbons (Fsp3) is 0.357. The van der Waals surface area contributed by atoms with Crippen LogP contribution >= 0.6 is 39.1 Å². The first-order chi connectivity index (χ1) is 9.45. The number of hydrogen-bond acceptors (Lipinski definition) is 2. The van der Waals surface area contributed by atoms with E-state index in [4.69, 9.17) is 23.2 Å². The molecule has 1 N–H and O–H groups in total. The zero-order valence-corrected chi connectivity index (χ0v) is 14.6. The summed E-state index contributed by atoms with van der Waals surface area (Å²) >= 11 is 16.2. The van der Waals surface area contributed by atoms with Crippen molar-refractivity contribution in [3.63, 3.8) is 0 Å². The maximum atomic E-state index is 6.38. The second-order valence-electron chi connectivity index (χ2n) is 4.66. The van der Waals surface area contributed by atoms with Gasteiger partial charge in [-0.15, -0.1) is 0 Å². The van der Waals surface area contributed by atoms with Gasteiger partial charge >= 0.3 is 0 Å². The molecule has 3 nitrogen and oxygen atoms in total. The van der Waals surface area contributed by atoms with Crippen LogP contribution in [-0.4, -0.2) is 16.8 Å². The van der Waals surface area contributed by atoms with Gasteiger partial charge in [-0.1, -0.05) is 35.3 Å². The van der Waals surface area contributed by atoms with E-state index in [1.165, 1.54) is 0 Å². The Bertz CT molecular complexity index is 625. The quantitative estimate of drug-likeness (QED) is 0.861. The Morgan fingerprint density at radius 3 is 2.60 bits per heavy atom. The molecule has 0 aliphatic heterocycles. The van der Waals surface area contributed by atoms with E-state index in [-0.39, 0.29) is 6.04 Å². The predicted octanol–water partition coefficient (Wildman–Crippen LogP) is 4.30. The average Bonchev–Trinajstić information content (AvgIpc) is 2.65. The van der Waals surface area contributed by atoms with Crippen LogP contribution in [0.4, 0.5) is 0 Å². The monoisotopic (exact) mass is 375 g/mol. The van der Waals surface area contributed by atoms with Gasteiger partial charge in [0.1, 0.15) is 0 Å². The van der Waals surface area contributed by atoms with Crippen LogP contribution in [0.1, 0.15) is 23.0 Å². The highest BCUT2D eigenvalue weighted by Gasteiger charge is 2.19. The molecular weight excluding hydrogens is 361 g/mol. The minimum Gasteiger partial charge on any atom is -0.313 e. The molecule has 2 rings (SSSR count). The lowest BCUT2D eigenvalue weighted by Crippen LogP contribution is -2.20. The molecule has 0 aliphatic carbocycles. The molecule has 0 fully saturated rings. The number of nitrogens with one attached hydrogen (secondary N) is 1. The average molecular weight is 377 g/mol. The summed E-state index contributed by atoms with van der Waals surface area (Å²) in [5.74, 6) is 0. The van der Waals surface area contributed by atoms with Gasteiger partial charge < -0.3 is 5.32 Å². The van der Waals surface area contributed by atoms with Crippen LogP contribution in [0, 0.1) is 6.92 Å². The van der Waals surface area contributed by atoms with E-state index in [0.29, 0.717) is 0 Å². The van der Waals surface area contributed by atoms with Crippen molar-refractivity contribution < 1.29 is 0 Å². The minimum atomic E-state index is 0.0762. The zero-order chi connectivity index (χ0) is 14.9. The highest BCUT2D eigenvalue weighted by atomic mass is 79.9. The van der Waals surface area contributed by atoms with Crippen LogP contribution < -0.4 is 5.32 Å². The van der Waals surface area contributed by atoms with E-state index in [9.17, 15) is 0 Å². The number of aryl methyl sites for hydroxylation is 2. The molecule has 1 aromatic heterocycles. The summed E-state index contributed by atoms with van der Waals surface area (Å²) in [6.45, 7) is 1.91.